The van der Waals surface area contributed by atoms with E-state index in [0.717, 1.165) is 10.5 Å². The van der Waals surface area contributed by atoms with Crippen LogP contribution in [0.3, 0.4) is 0 Å². The Morgan fingerprint density at radius 3 is 2.50 bits per heavy atom. The molecule has 3 aromatic rings. The first-order valence-electron chi connectivity index (χ1n) is 7.75. The van der Waals surface area contributed by atoms with Crippen LogP contribution in [-0.4, -0.2) is 4.57 Å². The number of para-hydroxylation sites is 1. The maximum atomic E-state index is 4.90. The molecule has 2 nitrogen and oxygen atoms in total. The number of aromatic nitrogens is 1. The number of rotatable bonds is 3. The van der Waals surface area contributed by atoms with Gasteiger partial charge in [-0.05, 0) is 36.4 Å². The third kappa shape index (κ3) is 2.69. The summed E-state index contributed by atoms with van der Waals surface area (Å²) in [5.41, 5.74) is 2.37. The van der Waals surface area contributed by atoms with Gasteiger partial charge in [-0.1, -0.05) is 37.1 Å². The number of benzene rings is 1. The predicted octanol–water partition coefficient (Wildman–Crippen LogP) is 5.63. The first-order valence-corrected chi connectivity index (χ1v) is 9.51. The predicted molar refractivity (Wildman–Crippen MR) is 94.8 cm³/mol. The molecule has 1 fully saturated rings. The van der Waals surface area contributed by atoms with Crippen LogP contribution in [0, 0.1) is 0 Å². The topological polar surface area (TPSA) is 17.3 Å². The summed E-state index contributed by atoms with van der Waals surface area (Å²) >= 11 is 3.57. The van der Waals surface area contributed by atoms with E-state index in [1.54, 1.807) is 11.3 Å². The maximum Gasteiger partial charge on any atom is 0.190 e. The molecule has 112 valence electrons. The van der Waals surface area contributed by atoms with Crippen LogP contribution in [0.1, 0.15) is 31.7 Å². The summed E-state index contributed by atoms with van der Waals surface area (Å²) in [5.74, 6) is 0. The van der Waals surface area contributed by atoms with E-state index in [2.05, 4.69) is 39.6 Å². The lowest BCUT2D eigenvalue weighted by molar-refractivity contribution is 0.512. The Bertz CT molecular complexity index is 791. The van der Waals surface area contributed by atoms with Crippen LogP contribution in [0.4, 0.5) is 5.69 Å². The number of hydrogen-bond donors (Lipinski definition) is 0. The quantitative estimate of drug-likeness (QED) is 0.594. The van der Waals surface area contributed by atoms with Gasteiger partial charge in [0.05, 0.1) is 16.3 Å². The van der Waals surface area contributed by atoms with Crippen molar-refractivity contribution in [3.8, 4) is 10.6 Å². The van der Waals surface area contributed by atoms with E-state index in [0.29, 0.717) is 6.04 Å². The zero-order valence-electron chi connectivity index (χ0n) is 12.3. The minimum atomic E-state index is 0.603. The smallest absolute Gasteiger partial charge is 0.190 e. The zero-order valence-corrected chi connectivity index (χ0v) is 13.9. The molecule has 22 heavy (non-hydrogen) atoms. The summed E-state index contributed by atoms with van der Waals surface area (Å²) in [6.45, 7) is 0. The Labute approximate surface area is 138 Å². The molecule has 2 aromatic heterocycles. The van der Waals surface area contributed by atoms with Gasteiger partial charge in [0.1, 0.15) is 0 Å². The fraction of sp³-hybridized carbons (Fsp3) is 0.278. The van der Waals surface area contributed by atoms with E-state index in [4.69, 9.17) is 4.99 Å². The lowest BCUT2D eigenvalue weighted by atomic mass is 10.2. The van der Waals surface area contributed by atoms with Gasteiger partial charge in [0.15, 0.2) is 4.80 Å². The van der Waals surface area contributed by atoms with Gasteiger partial charge in [0, 0.05) is 11.4 Å². The summed E-state index contributed by atoms with van der Waals surface area (Å²) in [6.07, 6.45) is 5.22. The Morgan fingerprint density at radius 2 is 1.77 bits per heavy atom. The fourth-order valence-corrected chi connectivity index (χ4v) is 4.92. The molecular formula is C18H18N2S2. The van der Waals surface area contributed by atoms with E-state index < -0.39 is 0 Å². The normalized spacial score (nSPS) is 16.5. The highest BCUT2D eigenvalue weighted by molar-refractivity contribution is 7.14. The molecule has 0 spiro atoms. The van der Waals surface area contributed by atoms with Crippen LogP contribution in [-0.2, 0) is 0 Å². The van der Waals surface area contributed by atoms with Gasteiger partial charge in [-0.3, -0.25) is 0 Å². The number of hydrogen-bond acceptors (Lipinski definition) is 3. The summed E-state index contributed by atoms with van der Waals surface area (Å²) in [5, 5.41) is 4.42. The third-order valence-corrected chi connectivity index (χ3v) is 5.92. The van der Waals surface area contributed by atoms with Gasteiger partial charge in [-0.2, -0.15) is 0 Å². The average Bonchev–Trinajstić information content (AvgIpc) is 3.29. The summed E-state index contributed by atoms with van der Waals surface area (Å²) < 4.78 is 2.48. The second-order valence-corrected chi connectivity index (χ2v) is 7.42. The molecule has 1 aromatic carbocycles. The lowest BCUT2D eigenvalue weighted by Gasteiger charge is -2.15. The van der Waals surface area contributed by atoms with Crippen molar-refractivity contribution in [1.29, 1.82) is 0 Å². The molecule has 0 bridgehead atoms. The molecule has 0 unspecified atom stereocenters. The number of thiophene rings is 1. The van der Waals surface area contributed by atoms with Crippen molar-refractivity contribution in [2.24, 2.45) is 4.99 Å². The molecule has 0 saturated heterocycles. The van der Waals surface area contributed by atoms with Gasteiger partial charge in [0.2, 0.25) is 0 Å². The van der Waals surface area contributed by atoms with Gasteiger partial charge in [-0.15, -0.1) is 22.7 Å². The fourth-order valence-electron chi connectivity index (χ4n) is 3.13. The highest BCUT2D eigenvalue weighted by atomic mass is 32.1. The molecule has 0 N–H and O–H groups in total. The van der Waals surface area contributed by atoms with E-state index in [1.165, 1.54) is 36.3 Å². The van der Waals surface area contributed by atoms with Crippen LogP contribution < -0.4 is 4.80 Å². The first-order chi connectivity index (χ1) is 10.9. The van der Waals surface area contributed by atoms with Crippen molar-refractivity contribution in [3.05, 3.63) is 58.0 Å². The number of thiazole rings is 1. The first kappa shape index (κ1) is 14.0. The lowest BCUT2D eigenvalue weighted by Crippen LogP contribution is -2.19. The Kier molecular flexibility index (Phi) is 3.95. The van der Waals surface area contributed by atoms with Gasteiger partial charge >= 0.3 is 0 Å². The average molecular weight is 326 g/mol. The van der Waals surface area contributed by atoms with Crippen molar-refractivity contribution in [1.82, 2.24) is 4.57 Å². The molecular weight excluding hydrogens is 308 g/mol. The monoisotopic (exact) mass is 326 g/mol. The van der Waals surface area contributed by atoms with Gasteiger partial charge in [-0.25, -0.2) is 4.99 Å². The molecule has 1 saturated carbocycles. The maximum absolute atomic E-state index is 4.90. The zero-order chi connectivity index (χ0) is 14.8. The minimum absolute atomic E-state index is 0.603. The Morgan fingerprint density at radius 1 is 0.955 bits per heavy atom. The van der Waals surface area contributed by atoms with Crippen molar-refractivity contribution >= 4 is 28.4 Å². The molecule has 0 amide bonds. The molecule has 4 heteroatoms. The highest BCUT2D eigenvalue weighted by Crippen LogP contribution is 2.34. The molecule has 2 heterocycles. The Hall–Kier alpha value is -1.65. The highest BCUT2D eigenvalue weighted by Gasteiger charge is 2.21. The second kappa shape index (κ2) is 6.23. The van der Waals surface area contributed by atoms with E-state index in [-0.39, 0.29) is 0 Å². The Balaban J connectivity index is 1.86. The SMILES string of the molecule is c1ccc(N=c2scc(-c3cccs3)n2C2CCCC2)cc1. The second-order valence-electron chi connectivity index (χ2n) is 5.64. The van der Waals surface area contributed by atoms with E-state index >= 15 is 0 Å². The van der Waals surface area contributed by atoms with E-state index in [1.807, 2.05) is 29.5 Å². The van der Waals surface area contributed by atoms with Gasteiger partial charge in [0.25, 0.3) is 0 Å². The van der Waals surface area contributed by atoms with Crippen molar-refractivity contribution < 1.29 is 0 Å². The van der Waals surface area contributed by atoms with Crippen LogP contribution in [0.5, 0.6) is 0 Å². The van der Waals surface area contributed by atoms with Gasteiger partial charge < -0.3 is 4.57 Å². The molecule has 0 radical (unpaired) electrons. The molecule has 1 aliphatic rings. The largest absolute Gasteiger partial charge is 0.313 e. The van der Waals surface area contributed by atoms with Crippen LogP contribution in [0.25, 0.3) is 10.6 Å². The minimum Gasteiger partial charge on any atom is -0.313 e. The molecule has 0 aliphatic heterocycles. The van der Waals surface area contributed by atoms with Crippen LogP contribution in [0.15, 0.2) is 58.2 Å². The molecule has 1 aliphatic carbocycles. The third-order valence-electron chi connectivity index (χ3n) is 4.19. The van der Waals surface area contributed by atoms with Crippen molar-refractivity contribution in [3.63, 3.8) is 0 Å². The summed E-state index contributed by atoms with van der Waals surface area (Å²) in [6, 6.07) is 15.2. The molecule has 0 atom stereocenters. The summed E-state index contributed by atoms with van der Waals surface area (Å²) in [7, 11) is 0. The van der Waals surface area contributed by atoms with Crippen LogP contribution >= 0.6 is 22.7 Å². The van der Waals surface area contributed by atoms with Crippen LogP contribution in [0.2, 0.25) is 0 Å². The number of nitrogens with zero attached hydrogens (tertiary/aromatic N) is 2. The van der Waals surface area contributed by atoms with Crippen molar-refractivity contribution in [2.75, 3.05) is 0 Å². The standard InChI is InChI=1S/C18H18N2S2/c1-2-7-14(8-3-1)19-18-20(15-9-4-5-10-15)16(13-22-18)17-11-6-12-21-17/h1-3,6-8,11-13,15H,4-5,9-10H2. The van der Waals surface area contributed by atoms with Crippen molar-refractivity contribution in [2.45, 2.75) is 31.7 Å². The summed E-state index contributed by atoms with van der Waals surface area (Å²) in [4.78, 5) is 7.37. The van der Waals surface area contributed by atoms with E-state index in [9.17, 15) is 0 Å². The molecule has 4 rings (SSSR count).